The number of thioether (sulfide) groups is 2. The molecule has 1 unspecified atom stereocenters. The number of aromatic nitrogens is 4. The van der Waals surface area contributed by atoms with Gasteiger partial charge in [0.05, 0.1) is 10.9 Å². The summed E-state index contributed by atoms with van der Waals surface area (Å²) in [5, 5.41) is 12.1. The predicted octanol–water partition coefficient (Wildman–Crippen LogP) is 5.17. The number of rotatable bonds is 7. The van der Waals surface area contributed by atoms with Crippen LogP contribution in [0.15, 0.2) is 89.2 Å². The summed E-state index contributed by atoms with van der Waals surface area (Å²) in [5.74, 6) is 0.621. The molecule has 0 saturated carbocycles. The maximum atomic E-state index is 12.9. The average Bonchev–Trinajstić information content (AvgIpc) is 3.24. The van der Waals surface area contributed by atoms with E-state index in [0.29, 0.717) is 11.0 Å². The van der Waals surface area contributed by atoms with Gasteiger partial charge >= 0.3 is 0 Å². The number of hydrogen-bond acceptors (Lipinski definition) is 6. The van der Waals surface area contributed by atoms with Crippen LogP contribution >= 0.6 is 23.5 Å². The monoisotopic (exact) mass is 447 g/mol. The van der Waals surface area contributed by atoms with Crippen LogP contribution in [0.4, 0.5) is 5.69 Å². The highest BCUT2D eigenvalue weighted by Gasteiger charge is 2.22. The second kappa shape index (κ2) is 9.80. The Morgan fingerprint density at radius 3 is 2.42 bits per heavy atom. The van der Waals surface area contributed by atoms with E-state index in [1.807, 2.05) is 84.5 Å². The zero-order valence-electron chi connectivity index (χ0n) is 17.1. The topological polar surface area (TPSA) is 72.7 Å². The summed E-state index contributed by atoms with van der Waals surface area (Å²) in [6.45, 7) is 1.87. The Hall–Kier alpha value is -3.10. The molecule has 2 aromatic carbocycles. The van der Waals surface area contributed by atoms with Crippen LogP contribution < -0.4 is 5.32 Å². The lowest BCUT2D eigenvalue weighted by molar-refractivity contribution is -0.115. The molecule has 6 nitrogen and oxygen atoms in total. The zero-order chi connectivity index (χ0) is 21.6. The fraction of sp³-hybridized carbons (Fsp3) is 0.130. The van der Waals surface area contributed by atoms with E-state index in [1.54, 1.807) is 24.2 Å². The summed E-state index contributed by atoms with van der Waals surface area (Å²) < 4.78 is 1.97. The van der Waals surface area contributed by atoms with E-state index in [9.17, 15) is 4.79 Å². The van der Waals surface area contributed by atoms with Crippen molar-refractivity contribution in [2.75, 3.05) is 11.6 Å². The van der Waals surface area contributed by atoms with Crippen LogP contribution in [0.3, 0.4) is 0 Å². The van der Waals surface area contributed by atoms with Gasteiger partial charge in [-0.3, -0.25) is 14.3 Å². The van der Waals surface area contributed by atoms with Gasteiger partial charge in [-0.05, 0) is 49.6 Å². The maximum Gasteiger partial charge on any atom is 0.237 e. The van der Waals surface area contributed by atoms with Crippen LogP contribution in [0.25, 0.3) is 17.1 Å². The predicted molar refractivity (Wildman–Crippen MR) is 127 cm³/mol. The van der Waals surface area contributed by atoms with Crippen LogP contribution in [0, 0.1) is 0 Å². The molecule has 2 heterocycles. The van der Waals surface area contributed by atoms with E-state index in [1.165, 1.54) is 11.8 Å². The number of anilines is 1. The number of pyridine rings is 1. The molecule has 31 heavy (non-hydrogen) atoms. The highest BCUT2D eigenvalue weighted by atomic mass is 32.2. The summed E-state index contributed by atoms with van der Waals surface area (Å²) in [6.07, 6.45) is 5.45. The minimum atomic E-state index is -0.369. The van der Waals surface area contributed by atoms with Gasteiger partial charge in [0.25, 0.3) is 0 Å². The molecule has 0 saturated heterocycles. The zero-order valence-corrected chi connectivity index (χ0v) is 18.7. The van der Waals surface area contributed by atoms with Crippen LogP contribution in [0.2, 0.25) is 0 Å². The van der Waals surface area contributed by atoms with Gasteiger partial charge in [0.2, 0.25) is 5.91 Å². The molecule has 8 heteroatoms. The van der Waals surface area contributed by atoms with E-state index in [0.717, 1.165) is 21.8 Å². The summed E-state index contributed by atoms with van der Waals surface area (Å²) in [7, 11) is 0. The number of hydrogen-bond donors (Lipinski definition) is 1. The molecule has 0 bridgehead atoms. The Kier molecular flexibility index (Phi) is 6.69. The average molecular weight is 448 g/mol. The summed E-state index contributed by atoms with van der Waals surface area (Å²) in [4.78, 5) is 18.0. The molecule has 0 spiro atoms. The molecular weight excluding hydrogens is 426 g/mol. The van der Waals surface area contributed by atoms with E-state index in [4.69, 9.17) is 0 Å². The van der Waals surface area contributed by atoms with Gasteiger partial charge in [-0.1, -0.05) is 42.1 Å². The first kappa shape index (κ1) is 21.1. The summed E-state index contributed by atoms with van der Waals surface area (Å²) >= 11 is 2.98. The quantitative estimate of drug-likeness (QED) is 0.394. The molecule has 2 aromatic heterocycles. The van der Waals surface area contributed by atoms with Crippen molar-refractivity contribution in [3.8, 4) is 17.1 Å². The van der Waals surface area contributed by atoms with Gasteiger partial charge in [-0.2, -0.15) is 0 Å². The lowest BCUT2D eigenvalue weighted by Crippen LogP contribution is -2.23. The summed E-state index contributed by atoms with van der Waals surface area (Å²) in [5.41, 5.74) is 2.65. The molecule has 4 aromatic rings. The number of amides is 1. The normalized spacial score (nSPS) is 11.8. The number of benzene rings is 2. The molecule has 0 aliphatic carbocycles. The molecular formula is C23H21N5OS2. The fourth-order valence-electron chi connectivity index (χ4n) is 3.04. The highest BCUT2D eigenvalue weighted by Crippen LogP contribution is 2.31. The Morgan fingerprint density at radius 1 is 0.968 bits per heavy atom. The lowest BCUT2D eigenvalue weighted by Gasteiger charge is -2.15. The minimum Gasteiger partial charge on any atom is -0.324 e. The van der Waals surface area contributed by atoms with Crippen molar-refractivity contribution in [3.05, 3.63) is 79.1 Å². The minimum absolute atomic E-state index is 0.0837. The van der Waals surface area contributed by atoms with Crippen molar-refractivity contribution in [2.24, 2.45) is 0 Å². The van der Waals surface area contributed by atoms with Crippen molar-refractivity contribution in [1.82, 2.24) is 19.7 Å². The van der Waals surface area contributed by atoms with Crippen molar-refractivity contribution in [3.63, 3.8) is 0 Å². The first-order valence-electron chi connectivity index (χ1n) is 9.69. The van der Waals surface area contributed by atoms with Crippen LogP contribution in [-0.4, -0.2) is 37.2 Å². The molecule has 1 atom stereocenters. The lowest BCUT2D eigenvalue weighted by atomic mass is 10.2. The van der Waals surface area contributed by atoms with Gasteiger partial charge in [0.1, 0.15) is 0 Å². The molecule has 0 aliphatic rings. The van der Waals surface area contributed by atoms with Crippen LogP contribution in [-0.2, 0) is 4.79 Å². The molecule has 0 fully saturated rings. The van der Waals surface area contributed by atoms with Gasteiger partial charge in [0, 0.05) is 28.5 Å². The molecule has 0 aliphatic heterocycles. The Bertz CT molecular complexity index is 1170. The van der Waals surface area contributed by atoms with Gasteiger partial charge < -0.3 is 5.32 Å². The standard InChI is InChI=1S/C23H21N5OS2/c1-16(22(29)25-19-10-6-7-11-20(19)30-2)31-23-27-26-21(17-12-14-24-15-13-17)28(23)18-8-4-3-5-9-18/h3-16H,1-2H3,(H,25,29). The van der Waals surface area contributed by atoms with E-state index >= 15 is 0 Å². The van der Waals surface area contributed by atoms with Gasteiger partial charge in [-0.15, -0.1) is 22.0 Å². The van der Waals surface area contributed by atoms with Crippen LogP contribution in [0.5, 0.6) is 0 Å². The maximum absolute atomic E-state index is 12.9. The van der Waals surface area contributed by atoms with Crippen molar-refractivity contribution >= 4 is 35.1 Å². The Balaban J connectivity index is 1.62. The third kappa shape index (κ3) is 4.81. The first-order chi connectivity index (χ1) is 15.2. The smallest absolute Gasteiger partial charge is 0.237 e. The third-order valence-corrected chi connectivity index (χ3v) is 6.44. The SMILES string of the molecule is CSc1ccccc1NC(=O)C(C)Sc1nnc(-c2ccncc2)n1-c1ccccc1. The molecule has 156 valence electrons. The Morgan fingerprint density at radius 2 is 1.68 bits per heavy atom. The number of para-hydroxylation sites is 2. The van der Waals surface area contributed by atoms with E-state index in [2.05, 4.69) is 20.5 Å². The fourth-order valence-corrected chi connectivity index (χ4v) is 4.46. The van der Waals surface area contributed by atoms with Gasteiger partial charge in [-0.25, -0.2) is 0 Å². The summed E-state index contributed by atoms with van der Waals surface area (Å²) in [6, 6.07) is 21.5. The Labute approximate surface area is 189 Å². The molecule has 4 rings (SSSR count). The van der Waals surface area contributed by atoms with Crippen LogP contribution in [0.1, 0.15) is 6.92 Å². The van der Waals surface area contributed by atoms with Crippen molar-refractivity contribution in [1.29, 1.82) is 0 Å². The molecule has 1 amide bonds. The third-order valence-electron chi connectivity index (χ3n) is 4.60. The van der Waals surface area contributed by atoms with Gasteiger partial charge in [0.15, 0.2) is 11.0 Å². The van der Waals surface area contributed by atoms with E-state index in [-0.39, 0.29) is 11.2 Å². The van der Waals surface area contributed by atoms with Crippen molar-refractivity contribution < 1.29 is 4.79 Å². The number of carbonyl (C=O) groups is 1. The molecule has 0 radical (unpaired) electrons. The highest BCUT2D eigenvalue weighted by molar-refractivity contribution is 8.00. The number of carbonyl (C=O) groups excluding carboxylic acids is 1. The van der Waals surface area contributed by atoms with E-state index < -0.39 is 0 Å². The second-order valence-corrected chi connectivity index (χ2v) is 8.82. The first-order valence-corrected chi connectivity index (χ1v) is 11.8. The number of nitrogens with one attached hydrogen (secondary N) is 1. The molecule has 1 N–H and O–H groups in total. The largest absolute Gasteiger partial charge is 0.324 e. The number of nitrogens with zero attached hydrogens (tertiary/aromatic N) is 4. The van der Waals surface area contributed by atoms with Crippen molar-refractivity contribution in [2.45, 2.75) is 22.2 Å². The second-order valence-electron chi connectivity index (χ2n) is 6.66.